The van der Waals surface area contributed by atoms with E-state index in [0.717, 1.165) is 54.2 Å². The van der Waals surface area contributed by atoms with Gasteiger partial charge < -0.3 is 14.1 Å². The van der Waals surface area contributed by atoms with Crippen molar-refractivity contribution in [2.75, 3.05) is 46.9 Å². The molecule has 1 aromatic carbocycles. The Morgan fingerprint density at radius 2 is 1.55 bits per heavy atom. The minimum atomic E-state index is 0.231. The second kappa shape index (κ2) is 7.30. The average Bonchev–Trinajstić information content (AvgIpc) is 2.67. The van der Waals surface area contributed by atoms with Gasteiger partial charge in [-0.05, 0) is 79.4 Å². The molecule has 0 aromatic heterocycles. The van der Waals surface area contributed by atoms with Gasteiger partial charge >= 0.3 is 0 Å². The van der Waals surface area contributed by atoms with Crippen LogP contribution in [0, 0.1) is 17.8 Å². The zero-order chi connectivity index (χ0) is 20.1. The first-order chi connectivity index (χ1) is 13.9. The molecule has 1 aliphatic heterocycles. The van der Waals surface area contributed by atoms with Gasteiger partial charge in [-0.2, -0.15) is 0 Å². The Hall–Kier alpha value is -1.55. The maximum atomic E-state index is 12.5. The standard InChI is InChI=1S/C25H37N2O2/c1-27(2)10-8-26(9-11-27)24(28)7-12-29-23-5-3-22(4-6-23)25-16-19-13-20(17-25)15-21(14-19)18-25/h3-6,19-21H,7-18H2,1-2H3/q+1. The maximum Gasteiger partial charge on any atom is 0.226 e. The van der Waals surface area contributed by atoms with Crippen molar-refractivity contribution < 1.29 is 14.0 Å². The van der Waals surface area contributed by atoms with Crippen LogP contribution in [-0.2, 0) is 10.2 Å². The van der Waals surface area contributed by atoms with Gasteiger partial charge in [0, 0.05) is 0 Å². The lowest BCUT2D eigenvalue weighted by Crippen LogP contribution is -2.56. The van der Waals surface area contributed by atoms with E-state index in [-0.39, 0.29) is 5.91 Å². The molecule has 1 heterocycles. The Balaban J connectivity index is 1.13. The first-order valence-corrected chi connectivity index (χ1v) is 11.7. The molecule has 29 heavy (non-hydrogen) atoms. The van der Waals surface area contributed by atoms with E-state index in [4.69, 9.17) is 4.74 Å². The number of hydrogen-bond acceptors (Lipinski definition) is 2. The fourth-order valence-electron chi connectivity index (χ4n) is 7.04. The zero-order valence-corrected chi connectivity index (χ0v) is 18.2. The van der Waals surface area contributed by atoms with Crippen molar-refractivity contribution in [2.45, 2.75) is 50.4 Å². The molecule has 4 bridgehead atoms. The number of ether oxygens (including phenoxy) is 1. The van der Waals surface area contributed by atoms with E-state index < -0.39 is 0 Å². The van der Waals surface area contributed by atoms with Gasteiger partial charge in [-0.25, -0.2) is 0 Å². The lowest BCUT2D eigenvalue weighted by atomic mass is 9.48. The molecule has 0 unspecified atom stereocenters. The molecule has 4 saturated carbocycles. The third kappa shape index (κ3) is 3.93. The summed E-state index contributed by atoms with van der Waals surface area (Å²) in [5.74, 6) is 4.06. The summed E-state index contributed by atoms with van der Waals surface area (Å²) in [7, 11) is 4.47. The molecule has 1 amide bonds. The summed E-state index contributed by atoms with van der Waals surface area (Å²) in [6, 6.07) is 8.91. The quantitative estimate of drug-likeness (QED) is 0.707. The molecule has 0 radical (unpaired) electrons. The van der Waals surface area contributed by atoms with Gasteiger partial charge in [0.05, 0.1) is 53.3 Å². The summed E-state index contributed by atoms with van der Waals surface area (Å²) in [5, 5.41) is 0. The van der Waals surface area contributed by atoms with Gasteiger partial charge in [-0.15, -0.1) is 0 Å². The predicted octanol–water partition coefficient (Wildman–Crippen LogP) is 3.84. The van der Waals surface area contributed by atoms with Crippen molar-refractivity contribution in [3.05, 3.63) is 29.8 Å². The Bertz CT molecular complexity index is 709. The van der Waals surface area contributed by atoms with Crippen LogP contribution in [0.2, 0.25) is 0 Å². The first-order valence-electron chi connectivity index (χ1n) is 11.7. The van der Waals surface area contributed by atoms with Gasteiger partial charge in [-0.1, -0.05) is 12.1 Å². The molecular formula is C25H37N2O2+. The van der Waals surface area contributed by atoms with Crippen LogP contribution in [0.4, 0.5) is 0 Å². The van der Waals surface area contributed by atoms with E-state index in [1.54, 1.807) is 0 Å². The predicted molar refractivity (Wildman–Crippen MR) is 115 cm³/mol. The summed E-state index contributed by atoms with van der Waals surface area (Å²) in [5.41, 5.74) is 1.98. The number of quaternary nitrogens is 1. The fourth-order valence-corrected chi connectivity index (χ4v) is 7.04. The lowest BCUT2D eigenvalue weighted by molar-refractivity contribution is -0.894. The van der Waals surface area contributed by atoms with Crippen LogP contribution in [0.25, 0.3) is 0 Å². The van der Waals surface area contributed by atoms with E-state index in [0.29, 0.717) is 18.4 Å². The lowest BCUT2D eigenvalue weighted by Gasteiger charge is -2.57. The van der Waals surface area contributed by atoms with Crippen LogP contribution in [0.15, 0.2) is 24.3 Å². The molecule has 1 aromatic rings. The van der Waals surface area contributed by atoms with E-state index in [1.165, 1.54) is 44.1 Å². The van der Waals surface area contributed by atoms with E-state index in [2.05, 4.69) is 38.4 Å². The molecule has 4 aliphatic carbocycles. The fraction of sp³-hybridized carbons (Fsp3) is 0.720. The van der Waals surface area contributed by atoms with Gasteiger partial charge in [0.1, 0.15) is 5.75 Å². The minimum Gasteiger partial charge on any atom is -0.493 e. The third-order valence-electron chi connectivity index (χ3n) is 8.39. The summed E-state index contributed by atoms with van der Waals surface area (Å²) >= 11 is 0. The molecule has 0 spiro atoms. The van der Waals surface area contributed by atoms with Crippen LogP contribution in [0.5, 0.6) is 5.75 Å². The number of carbonyl (C=O) groups is 1. The Morgan fingerprint density at radius 1 is 1.00 bits per heavy atom. The number of likely N-dealkylation sites (N-methyl/N-ethyl adjacent to an activating group) is 1. The number of hydrogen-bond donors (Lipinski definition) is 0. The Labute approximate surface area is 175 Å². The first kappa shape index (κ1) is 19.4. The SMILES string of the molecule is C[N+]1(C)CCN(C(=O)CCOc2ccc(C34CC5CC(CC(C5)C3)C4)cc2)CC1. The molecule has 5 aliphatic rings. The van der Waals surface area contributed by atoms with Crippen LogP contribution in [-0.4, -0.2) is 62.2 Å². The molecule has 158 valence electrons. The molecule has 0 atom stereocenters. The number of carbonyl (C=O) groups excluding carboxylic acids is 1. The molecular weight excluding hydrogens is 360 g/mol. The van der Waals surface area contributed by atoms with Crippen molar-refractivity contribution in [1.29, 1.82) is 0 Å². The maximum absolute atomic E-state index is 12.5. The smallest absolute Gasteiger partial charge is 0.226 e. The normalized spacial score (nSPS) is 35.0. The van der Waals surface area contributed by atoms with Gasteiger partial charge in [-0.3, -0.25) is 4.79 Å². The van der Waals surface area contributed by atoms with Gasteiger partial charge in [0.2, 0.25) is 5.91 Å². The van der Waals surface area contributed by atoms with Gasteiger partial charge in [0.15, 0.2) is 0 Å². The number of piperazine rings is 1. The van der Waals surface area contributed by atoms with Gasteiger partial charge in [0.25, 0.3) is 0 Å². The summed E-state index contributed by atoms with van der Waals surface area (Å²) < 4.78 is 6.94. The van der Waals surface area contributed by atoms with E-state index in [9.17, 15) is 4.79 Å². The summed E-state index contributed by atoms with van der Waals surface area (Å²) in [6.07, 6.45) is 9.15. The monoisotopic (exact) mass is 397 g/mol. The number of nitrogens with zero attached hydrogens (tertiary/aromatic N) is 2. The highest BCUT2D eigenvalue weighted by atomic mass is 16.5. The Morgan fingerprint density at radius 3 is 2.10 bits per heavy atom. The summed E-state index contributed by atoms with van der Waals surface area (Å²) in [6.45, 7) is 4.29. The van der Waals surface area contributed by atoms with Crippen LogP contribution in [0.1, 0.15) is 50.5 Å². The van der Waals surface area contributed by atoms with E-state index in [1.807, 2.05) is 4.90 Å². The second-order valence-corrected chi connectivity index (χ2v) is 11.1. The number of rotatable bonds is 5. The molecule has 5 fully saturated rings. The van der Waals surface area contributed by atoms with Crippen molar-refractivity contribution in [1.82, 2.24) is 4.90 Å². The zero-order valence-electron chi connectivity index (χ0n) is 18.2. The largest absolute Gasteiger partial charge is 0.493 e. The highest BCUT2D eigenvalue weighted by Crippen LogP contribution is 2.60. The topological polar surface area (TPSA) is 29.5 Å². The highest BCUT2D eigenvalue weighted by molar-refractivity contribution is 5.76. The molecule has 4 nitrogen and oxygen atoms in total. The van der Waals surface area contributed by atoms with Crippen molar-refractivity contribution >= 4 is 5.91 Å². The number of benzene rings is 1. The molecule has 1 saturated heterocycles. The highest BCUT2D eigenvalue weighted by Gasteiger charge is 2.51. The minimum absolute atomic E-state index is 0.231. The second-order valence-electron chi connectivity index (χ2n) is 11.1. The van der Waals surface area contributed by atoms with Crippen molar-refractivity contribution in [2.24, 2.45) is 17.8 Å². The third-order valence-corrected chi connectivity index (χ3v) is 8.39. The van der Waals surface area contributed by atoms with Crippen LogP contribution in [0.3, 0.4) is 0 Å². The average molecular weight is 398 g/mol. The van der Waals surface area contributed by atoms with Crippen LogP contribution >= 0.6 is 0 Å². The van der Waals surface area contributed by atoms with E-state index >= 15 is 0 Å². The van der Waals surface area contributed by atoms with Crippen LogP contribution < -0.4 is 4.74 Å². The summed E-state index contributed by atoms with van der Waals surface area (Å²) in [4.78, 5) is 14.5. The van der Waals surface area contributed by atoms with Crippen molar-refractivity contribution in [3.63, 3.8) is 0 Å². The molecule has 6 rings (SSSR count). The molecule has 0 N–H and O–H groups in total. The Kier molecular flexibility index (Phi) is 4.89. The number of amides is 1. The van der Waals surface area contributed by atoms with Crippen molar-refractivity contribution in [3.8, 4) is 5.75 Å². The molecule has 4 heteroatoms.